The Morgan fingerprint density at radius 1 is 0.900 bits per heavy atom. The Labute approximate surface area is 117 Å². The van der Waals surface area contributed by atoms with Gasteiger partial charge in [-0.25, -0.2) is 4.57 Å². The fourth-order valence-electron chi connectivity index (χ4n) is 1.73. The highest BCUT2D eigenvalue weighted by atomic mass is 31.2. The molecule has 0 aliphatic heterocycles. The van der Waals surface area contributed by atoms with Crippen molar-refractivity contribution in [1.29, 1.82) is 0 Å². The standard InChI is InChI=1S/C14H15O5P/c1-17-12-9-6-10-13(14(12)18-2)19-20(15,16)11-7-4-3-5-8-11/h3-10H,1-2H3,(H,15,16). The molecule has 20 heavy (non-hydrogen) atoms. The normalized spacial score (nSPS) is 13.3. The molecule has 1 atom stereocenters. The van der Waals surface area contributed by atoms with Gasteiger partial charge in [0, 0.05) is 0 Å². The second-order valence-corrected chi connectivity index (χ2v) is 5.68. The zero-order valence-corrected chi connectivity index (χ0v) is 12.0. The molecule has 0 amide bonds. The Morgan fingerprint density at radius 2 is 1.55 bits per heavy atom. The van der Waals surface area contributed by atoms with Crippen LogP contribution in [-0.4, -0.2) is 19.1 Å². The van der Waals surface area contributed by atoms with Crippen molar-refractivity contribution in [3.63, 3.8) is 0 Å². The van der Waals surface area contributed by atoms with E-state index in [2.05, 4.69) is 0 Å². The van der Waals surface area contributed by atoms with Crippen molar-refractivity contribution < 1.29 is 23.5 Å². The van der Waals surface area contributed by atoms with Crippen molar-refractivity contribution in [3.05, 3.63) is 48.5 Å². The third-order valence-electron chi connectivity index (χ3n) is 2.67. The van der Waals surface area contributed by atoms with Crippen molar-refractivity contribution in [2.75, 3.05) is 14.2 Å². The van der Waals surface area contributed by atoms with Crippen LogP contribution in [0.2, 0.25) is 0 Å². The second kappa shape index (κ2) is 5.99. The van der Waals surface area contributed by atoms with Gasteiger partial charge < -0.3 is 18.9 Å². The van der Waals surface area contributed by atoms with Crippen LogP contribution in [0.4, 0.5) is 0 Å². The Kier molecular flexibility index (Phi) is 4.32. The third kappa shape index (κ3) is 2.95. The molecule has 0 aliphatic carbocycles. The van der Waals surface area contributed by atoms with Crippen LogP contribution in [0.5, 0.6) is 17.2 Å². The maximum atomic E-state index is 12.3. The zero-order valence-electron chi connectivity index (χ0n) is 11.1. The summed E-state index contributed by atoms with van der Waals surface area (Å²) in [6, 6.07) is 13.1. The van der Waals surface area contributed by atoms with E-state index in [1.165, 1.54) is 26.4 Å². The van der Waals surface area contributed by atoms with E-state index in [-0.39, 0.29) is 16.8 Å². The number of para-hydroxylation sites is 1. The van der Waals surface area contributed by atoms with E-state index in [0.29, 0.717) is 5.75 Å². The molecule has 0 bridgehead atoms. The first-order valence-electron chi connectivity index (χ1n) is 5.87. The molecule has 5 nitrogen and oxygen atoms in total. The van der Waals surface area contributed by atoms with Gasteiger partial charge in [0.15, 0.2) is 11.5 Å². The van der Waals surface area contributed by atoms with Crippen LogP contribution in [-0.2, 0) is 4.57 Å². The van der Waals surface area contributed by atoms with Crippen LogP contribution in [0.15, 0.2) is 48.5 Å². The topological polar surface area (TPSA) is 65.0 Å². The summed E-state index contributed by atoms with van der Waals surface area (Å²) in [4.78, 5) is 10.1. The van der Waals surface area contributed by atoms with E-state index < -0.39 is 7.60 Å². The van der Waals surface area contributed by atoms with E-state index in [1.54, 1.807) is 36.4 Å². The predicted molar refractivity (Wildman–Crippen MR) is 76.1 cm³/mol. The number of benzene rings is 2. The largest absolute Gasteiger partial charge is 0.493 e. The Bertz CT molecular complexity index is 627. The summed E-state index contributed by atoms with van der Waals surface area (Å²) in [5.74, 6) is 0.861. The first-order chi connectivity index (χ1) is 9.58. The van der Waals surface area contributed by atoms with Gasteiger partial charge >= 0.3 is 7.60 Å². The minimum Gasteiger partial charge on any atom is -0.493 e. The van der Waals surface area contributed by atoms with Crippen molar-refractivity contribution in [2.45, 2.75) is 0 Å². The average Bonchev–Trinajstić information content (AvgIpc) is 2.47. The summed E-state index contributed by atoms with van der Waals surface area (Å²) in [6.07, 6.45) is 0. The molecule has 2 aromatic rings. The van der Waals surface area contributed by atoms with Gasteiger partial charge in [-0.2, -0.15) is 0 Å². The molecule has 0 heterocycles. The highest BCUT2D eigenvalue weighted by molar-refractivity contribution is 7.61. The van der Waals surface area contributed by atoms with Crippen LogP contribution >= 0.6 is 7.60 Å². The van der Waals surface area contributed by atoms with Crippen LogP contribution < -0.4 is 19.3 Å². The molecule has 0 radical (unpaired) electrons. The number of rotatable bonds is 5. The van der Waals surface area contributed by atoms with E-state index >= 15 is 0 Å². The summed E-state index contributed by atoms with van der Waals surface area (Å²) in [5, 5.41) is 0.213. The summed E-state index contributed by atoms with van der Waals surface area (Å²) >= 11 is 0. The van der Waals surface area contributed by atoms with Gasteiger partial charge in [0.1, 0.15) is 0 Å². The first kappa shape index (κ1) is 14.4. The Morgan fingerprint density at radius 3 is 2.15 bits per heavy atom. The molecule has 2 rings (SSSR count). The van der Waals surface area contributed by atoms with Gasteiger partial charge in [-0.15, -0.1) is 0 Å². The lowest BCUT2D eigenvalue weighted by Gasteiger charge is -2.17. The van der Waals surface area contributed by atoms with Gasteiger partial charge in [0.05, 0.1) is 19.5 Å². The Hall–Kier alpha value is -1.97. The van der Waals surface area contributed by atoms with Crippen molar-refractivity contribution in [1.82, 2.24) is 0 Å². The van der Waals surface area contributed by atoms with Gasteiger partial charge in [0.2, 0.25) is 5.75 Å². The molecule has 1 unspecified atom stereocenters. The third-order valence-corrected chi connectivity index (χ3v) is 4.07. The minimum absolute atomic E-state index is 0.154. The molecule has 6 heteroatoms. The van der Waals surface area contributed by atoms with Crippen molar-refractivity contribution >= 4 is 12.9 Å². The Balaban J connectivity index is 2.37. The summed E-state index contributed by atoms with van der Waals surface area (Å²) in [5.41, 5.74) is 0. The lowest BCUT2D eigenvalue weighted by molar-refractivity contribution is 0.334. The molecule has 106 valence electrons. The predicted octanol–water partition coefficient (Wildman–Crippen LogP) is 2.59. The van der Waals surface area contributed by atoms with Crippen LogP contribution in [0.25, 0.3) is 0 Å². The first-order valence-corrected chi connectivity index (χ1v) is 7.45. The smallest absolute Gasteiger partial charge is 0.408 e. The molecule has 0 saturated heterocycles. The monoisotopic (exact) mass is 294 g/mol. The molecule has 0 aromatic heterocycles. The molecular formula is C14H15O5P. The van der Waals surface area contributed by atoms with Gasteiger partial charge in [-0.05, 0) is 24.3 Å². The van der Waals surface area contributed by atoms with E-state index in [9.17, 15) is 9.46 Å². The second-order valence-electron chi connectivity index (χ2n) is 3.94. The molecule has 2 aromatic carbocycles. The summed E-state index contributed by atoms with van der Waals surface area (Å²) in [6.45, 7) is 0. The quantitative estimate of drug-likeness (QED) is 0.859. The van der Waals surface area contributed by atoms with E-state index in [0.717, 1.165) is 0 Å². The highest BCUT2D eigenvalue weighted by Gasteiger charge is 2.26. The minimum atomic E-state index is -3.97. The SMILES string of the molecule is COc1cccc(OP(=O)(O)c2ccccc2)c1OC. The van der Waals surface area contributed by atoms with E-state index in [4.69, 9.17) is 14.0 Å². The van der Waals surface area contributed by atoms with Gasteiger partial charge in [-0.3, -0.25) is 0 Å². The zero-order chi connectivity index (χ0) is 14.6. The summed E-state index contributed by atoms with van der Waals surface area (Å²) < 4.78 is 27.8. The fraction of sp³-hybridized carbons (Fsp3) is 0.143. The number of ether oxygens (including phenoxy) is 2. The van der Waals surface area contributed by atoms with Crippen molar-refractivity contribution in [3.8, 4) is 17.2 Å². The molecular weight excluding hydrogens is 279 g/mol. The number of hydrogen-bond acceptors (Lipinski definition) is 4. The van der Waals surface area contributed by atoms with Crippen LogP contribution in [0.1, 0.15) is 0 Å². The molecule has 0 fully saturated rings. The maximum absolute atomic E-state index is 12.3. The van der Waals surface area contributed by atoms with Crippen molar-refractivity contribution in [2.24, 2.45) is 0 Å². The molecule has 0 aliphatic rings. The average molecular weight is 294 g/mol. The van der Waals surface area contributed by atoms with Crippen LogP contribution in [0, 0.1) is 0 Å². The van der Waals surface area contributed by atoms with Crippen LogP contribution in [0.3, 0.4) is 0 Å². The molecule has 0 spiro atoms. The molecule has 1 N–H and O–H groups in total. The van der Waals surface area contributed by atoms with Gasteiger partial charge in [-0.1, -0.05) is 24.3 Å². The van der Waals surface area contributed by atoms with E-state index in [1.807, 2.05) is 0 Å². The lowest BCUT2D eigenvalue weighted by Crippen LogP contribution is -2.09. The fourth-order valence-corrected chi connectivity index (χ4v) is 2.80. The number of hydrogen-bond donors (Lipinski definition) is 1. The number of methoxy groups -OCH3 is 2. The maximum Gasteiger partial charge on any atom is 0.408 e. The highest BCUT2D eigenvalue weighted by Crippen LogP contribution is 2.47. The lowest BCUT2D eigenvalue weighted by atomic mass is 10.3. The van der Waals surface area contributed by atoms with Gasteiger partial charge in [0.25, 0.3) is 0 Å². The summed E-state index contributed by atoms with van der Waals surface area (Å²) in [7, 11) is -1.05. The molecule has 0 saturated carbocycles.